The van der Waals surface area contributed by atoms with Crippen molar-refractivity contribution in [2.24, 2.45) is 0 Å². The average molecular weight is 318 g/mol. The Morgan fingerprint density at radius 2 is 2.27 bits per heavy atom. The highest BCUT2D eigenvalue weighted by atomic mass is 19.4. The van der Waals surface area contributed by atoms with E-state index < -0.39 is 17.2 Å². The van der Waals surface area contributed by atoms with Crippen molar-refractivity contribution in [1.82, 2.24) is 15.2 Å². The molecule has 1 aromatic rings. The number of aromatic nitrogens is 1. The van der Waals surface area contributed by atoms with Crippen LogP contribution in [0.5, 0.6) is 5.88 Å². The molecule has 0 atom stereocenters. The largest absolute Gasteiger partial charge is 0.574 e. The lowest BCUT2D eigenvalue weighted by molar-refractivity contribution is -0.405. The van der Waals surface area contributed by atoms with E-state index in [1.807, 2.05) is 0 Å². The molecule has 0 aliphatic carbocycles. The fourth-order valence-corrected chi connectivity index (χ4v) is 2.01. The summed E-state index contributed by atoms with van der Waals surface area (Å²) in [4.78, 5) is 15.3. The van der Waals surface area contributed by atoms with Crippen LogP contribution in [0.4, 0.5) is 13.2 Å². The summed E-state index contributed by atoms with van der Waals surface area (Å²) >= 11 is 0. The monoisotopic (exact) mass is 318 g/mol. The first-order chi connectivity index (χ1) is 10.3. The standard InChI is InChI=1S/C12H13F3N4O3/c13-12(14,15)22-11-3-2-9(6-17-11)7-18-5-1-4-16-10(18)8-19(20)21/h2-3,6,8,16H,1,4-5,7H2. The van der Waals surface area contributed by atoms with Gasteiger partial charge in [-0.1, -0.05) is 6.07 Å². The molecule has 2 rings (SSSR count). The van der Waals surface area contributed by atoms with Gasteiger partial charge in [0.25, 0.3) is 6.20 Å². The van der Waals surface area contributed by atoms with Crippen molar-refractivity contribution in [3.8, 4) is 5.88 Å². The average Bonchev–Trinajstić information content (AvgIpc) is 2.41. The van der Waals surface area contributed by atoms with E-state index in [2.05, 4.69) is 15.0 Å². The molecule has 1 saturated heterocycles. The van der Waals surface area contributed by atoms with E-state index >= 15 is 0 Å². The second-order valence-corrected chi connectivity index (χ2v) is 4.55. The zero-order chi connectivity index (χ0) is 16.2. The molecule has 22 heavy (non-hydrogen) atoms. The lowest BCUT2D eigenvalue weighted by atomic mass is 10.2. The van der Waals surface area contributed by atoms with Gasteiger partial charge in [-0.25, -0.2) is 4.98 Å². The molecule has 0 aromatic carbocycles. The van der Waals surface area contributed by atoms with Crippen molar-refractivity contribution < 1.29 is 22.8 Å². The molecular formula is C12H13F3N4O3. The van der Waals surface area contributed by atoms with Crippen molar-refractivity contribution in [3.63, 3.8) is 0 Å². The first-order valence-electron chi connectivity index (χ1n) is 6.38. The summed E-state index contributed by atoms with van der Waals surface area (Å²) in [5, 5.41) is 13.5. The Balaban J connectivity index is 2.04. The number of halogens is 3. The summed E-state index contributed by atoms with van der Waals surface area (Å²) in [7, 11) is 0. The van der Waals surface area contributed by atoms with Crippen LogP contribution >= 0.6 is 0 Å². The number of ether oxygens (including phenoxy) is 1. The molecule has 7 nitrogen and oxygen atoms in total. The number of nitro groups is 1. The van der Waals surface area contributed by atoms with E-state index in [4.69, 9.17) is 0 Å². The minimum Gasteiger partial charge on any atom is -0.388 e. The number of pyridine rings is 1. The zero-order valence-electron chi connectivity index (χ0n) is 11.3. The van der Waals surface area contributed by atoms with Gasteiger partial charge in [-0.05, 0) is 12.0 Å². The van der Waals surface area contributed by atoms with Gasteiger partial charge in [-0.3, -0.25) is 10.1 Å². The molecule has 0 saturated carbocycles. The number of hydrogen-bond donors (Lipinski definition) is 1. The molecule has 1 aliphatic rings. The first kappa shape index (κ1) is 15.9. The van der Waals surface area contributed by atoms with Gasteiger partial charge in [0, 0.05) is 31.9 Å². The van der Waals surface area contributed by atoms with E-state index in [1.54, 1.807) is 4.90 Å². The van der Waals surface area contributed by atoms with Gasteiger partial charge in [0.2, 0.25) is 5.88 Å². The van der Waals surface area contributed by atoms with E-state index in [-0.39, 0.29) is 0 Å². The van der Waals surface area contributed by atoms with Crippen molar-refractivity contribution in [2.75, 3.05) is 13.1 Å². The first-order valence-corrected chi connectivity index (χ1v) is 6.38. The predicted molar refractivity (Wildman–Crippen MR) is 69.0 cm³/mol. The molecule has 1 N–H and O–H groups in total. The van der Waals surface area contributed by atoms with E-state index in [1.165, 1.54) is 12.3 Å². The molecule has 0 amide bonds. The molecule has 0 radical (unpaired) electrons. The Kier molecular flexibility index (Phi) is 4.68. The van der Waals surface area contributed by atoms with Crippen molar-refractivity contribution >= 4 is 0 Å². The highest BCUT2D eigenvalue weighted by molar-refractivity contribution is 5.19. The van der Waals surface area contributed by atoms with Crippen LogP contribution in [0.2, 0.25) is 0 Å². The van der Waals surface area contributed by atoms with Crippen molar-refractivity contribution in [2.45, 2.75) is 19.3 Å². The van der Waals surface area contributed by atoms with E-state index in [0.717, 1.165) is 18.7 Å². The summed E-state index contributed by atoms with van der Waals surface area (Å²) in [6, 6.07) is 2.55. The normalized spacial score (nSPS) is 17.2. The third-order valence-corrected chi connectivity index (χ3v) is 2.87. The Bertz CT molecular complexity index is 560. The number of nitrogens with zero attached hydrogens (tertiary/aromatic N) is 3. The second kappa shape index (κ2) is 6.50. The third-order valence-electron chi connectivity index (χ3n) is 2.87. The summed E-state index contributed by atoms with van der Waals surface area (Å²) in [5.41, 5.74) is 0.618. The van der Waals surface area contributed by atoms with Crippen molar-refractivity contribution in [3.05, 3.63) is 46.0 Å². The summed E-state index contributed by atoms with van der Waals surface area (Å²) in [5.74, 6) is -0.180. The number of alkyl halides is 3. The Morgan fingerprint density at radius 1 is 1.50 bits per heavy atom. The minimum atomic E-state index is -4.78. The predicted octanol–water partition coefficient (Wildman–Crippen LogP) is 1.85. The van der Waals surface area contributed by atoms with Gasteiger partial charge < -0.3 is 15.0 Å². The summed E-state index contributed by atoms with van der Waals surface area (Å²) in [6.07, 6.45) is -1.86. The van der Waals surface area contributed by atoms with E-state index in [9.17, 15) is 23.3 Å². The number of nitrogens with one attached hydrogen (secondary N) is 1. The maximum atomic E-state index is 12.0. The van der Waals surface area contributed by atoms with Crippen LogP contribution in [0.15, 0.2) is 30.4 Å². The molecule has 1 aromatic heterocycles. The minimum absolute atomic E-state index is 0.298. The van der Waals surface area contributed by atoms with Gasteiger partial charge in [-0.2, -0.15) is 0 Å². The number of hydrogen-bond acceptors (Lipinski definition) is 6. The quantitative estimate of drug-likeness (QED) is 0.674. The summed E-state index contributed by atoms with van der Waals surface area (Å²) in [6.45, 7) is 1.53. The maximum Gasteiger partial charge on any atom is 0.574 e. The van der Waals surface area contributed by atoms with Gasteiger partial charge >= 0.3 is 6.36 Å². The third kappa shape index (κ3) is 4.79. The topological polar surface area (TPSA) is 80.5 Å². The van der Waals surface area contributed by atoms with Crippen LogP contribution in [0, 0.1) is 10.1 Å². The molecule has 120 valence electrons. The Labute approximate surface area is 123 Å². The van der Waals surface area contributed by atoms with Crippen LogP contribution in [0.1, 0.15) is 12.0 Å². The van der Waals surface area contributed by atoms with Gasteiger partial charge in [0.05, 0.1) is 4.92 Å². The fourth-order valence-electron chi connectivity index (χ4n) is 2.01. The van der Waals surface area contributed by atoms with Crippen LogP contribution in [0.25, 0.3) is 0 Å². The van der Waals surface area contributed by atoms with Crippen LogP contribution in [-0.4, -0.2) is 34.3 Å². The maximum absolute atomic E-state index is 12.0. The highest BCUT2D eigenvalue weighted by Gasteiger charge is 2.31. The second-order valence-electron chi connectivity index (χ2n) is 4.55. The SMILES string of the molecule is O=[N+]([O-])C=C1NCCCN1Cc1ccc(OC(F)(F)F)nc1. The van der Waals surface area contributed by atoms with Gasteiger partial charge in [-0.15, -0.1) is 13.2 Å². The van der Waals surface area contributed by atoms with E-state index in [0.29, 0.717) is 31.0 Å². The summed E-state index contributed by atoms with van der Waals surface area (Å²) < 4.78 is 39.8. The van der Waals surface area contributed by atoms with Crippen LogP contribution in [-0.2, 0) is 6.54 Å². The lowest BCUT2D eigenvalue weighted by Gasteiger charge is -2.30. The Morgan fingerprint density at radius 3 is 2.86 bits per heavy atom. The molecule has 1 aliphatic heterocycles. The smallest absolute Gasteiger partial charge is 0.388 e. The van der Waals surface area contributed by atoms with Crippen LogP contribution < -0.4 is 10.1 Å². The van der Waals surface area contributed by atoms with Gasteiger partial charge in [0.1, 0.15) is 0 Å². The van der Waals surface area contributed by atoms with Crippen LogP contribution in [0.3, 0.4) is 0 Å². The molecular weight excluding hydrogens is 305 g/mol. The Hall–Kier alpha value is -2.52. The number of rotatable bonds is 4. The lowest BCUT2D eigenvalue weighted by Crippen LogP contribution is -2.39. The molecule has 1 fully saturated rings. The van der Waals surface area contributed by atoms with Gasteiger partial charge in [0.15, 0.2) is 5.82 Å². The molecule has 0 unspecified atom stereocenters. The molecule has 10 heteroatoms. The highest BCUT2D eigenvalue weighted by Crippen LogP contribution is 2.21. The zero-order valence-corrected chi connectivity index (χ0v) is 11.3. The molecule has 0 spiro atoms. The molecule has 2 heterocycles. The molecule has 0 bridgehead atoms. The van der Waals surface area contributed by atoms with Crippen molar-refractivity contribution in [1.29, 1.82) is 0 Å². The fraction of sp³-hybridized carbons (Fsp3) is 0.417.